The lowest BCUT2D eigenvalue weighted by atomic mass is 10.1. The molecule has 1 rings (SSSR count). The van der Waals surface area contributed by atoms with Crippen molar-refractivity contribution in [2.24, 2.45) is 0 Å². The molecule has 1 aromatic carbocycles. The molecule has 1 aromatic rings. The molecule has 0 aliphatic heterocycles. The number of benzene rings is 1. The number of hydrogen-bond donors (Lipinski definition) is 0. The maximum absolute atomic E-state index is 12.6. The minimum absolute atomic E-state index is 0.00285. The van der Waals surface area contributed by atoms with Gasteiger partial charge in [-0.2, -0.15) is 5.26 Å². The Morgan fingerprint density at radius 2 is 1.55 bits per heavy atom. The summed E-state index contributed by atoms with van der Waals surface area (Å²) in [6, 6.07) is 10.3. The predicted octanol–water partition coefficient (Wildman–Crippen LogP) is 4.82. The van der Waals surface area contributed by atoms with E-state index in [1.807, 2.05) is 6.07 Å². The van der Waals surface area contributed by atoms with Gasteiger partial charge in [-0.15, -0.1) is 0 Å². The average Bonchev–Trinajstić information content (AvgIpc) is 2.51. The van der Waals surface area contributed by atoms with Crippen molar-refractivity contribution in [3.63, 3.8) is 0 Å². The summed E-state index contributed by atoms with van der Waals surface area (Å²) in [5.41, 5.74) is 0.0506. The fourth-order valence-electron chi connectivity index (χ4n) is 1.43. The van der Waals surface area contributed by atoms with Gasteiger partial charge in [0, 0.05) is 10.5 Å². The van der Waals surface area contributed by atoms with Gasteiger partial charge < -0.3 is 0 Å². The van der Waals surface area contributed by atoms with Crippen molar-refractivity contribution < 1.29 is 4.21 Å². The SMILES string of the molecule is C=C(Cl)C(=S)C(C(=S)C(=C)Cl)=C(C#N)S(=O)c1ccccc1. The molecular weight excluding hydrogens is 377 g/mol. The summed E-state index contributed by atoms with van der Waals surface area (Å²) in [6.45, 7) is 7.03. The Kier molecular flexibility index (Phi) is 7.27. The molecule has 0 N–H and O–H groups in total. The molecule has 0 saturated carbocycles. The lowest BCUT2D eigenvalue weighted by molar-refractivity contribution is 0.687. The van der Waals surface area contributed by atoms with Crippen LogP contribution < -0.4 is 0 Å². The number of nitrogens with zero attached hydrogens (tertiary/aromatic N) is 1. The van der Waals surface area contributed by atoms with Gasteiger partial charge in [0.05, 0.1) is 30.6 Å². The standard InChI is InChI=1S/C15H9Cl2NOS3/c1-9(16)14(20)13(15(21)10(2)17)12(8-18)22(19)11-6-4-3-5-7-11/h3-7H,1-2H2. The summed E-state index contributed by atoms with van der Waals surface area (Å²) in [4.78, 5) is 0.343. The van der Waals surface area contributed by atoms with E-state index in [0.29, 0.717) is 4.90 Å². The van der Waals surface area contributed by atoms with Gasteiger partial charge >= 0.3 is 0 Å². The summed E-state index contributed by atoms with van der Waals surface area (Å²) >= 11 is 21.9. The van der Waals surface area contributed by atoms with Crippen molar-refractivity contribution in [1.29, 1.82) is 5.26 Å². The molecule has 112 valence electrons. The van der Waals surface area contributed by atoms with Crippen LogP contribution in [0.3, 0.4) is 0 Å². The van der Waals surface area contributed by atoms with Crippen LogP contribution in [0, 0.1) is 11.3 Å². The van der Waals surface area contributed by atoms with Crippen LogP contribution in [0.4, 0.5) is 0 Å². The molecule has 0 aliphatic carbocycles. The van der Waals surface area contributed by atoms with Gasteiger partial charge in [0.1, 0.15) is 11.0 Å². The van der Waals surface area contributed by atoms with Gasteiger partial charge in [0.2, 0.25) is 0 Å². The van der Waals surface area contributed by atoms with E-state index >= 15 is 0 Å². The van der Waals surface area contributed by atoms with Crippen LogP contribution in [0.1, 0.15) is 0 Å². The minimum atomic E-state index is -1.78. The molecular formula is C15H9Cl2NOS3. The van der Waals surface area contributed by atoms with E-state index in [1.54, 1.807) is 30.3 Å². The maximum Gasteiger partial charge on any atom is 0.131 e. The molecule has 22 heavy (non-hydrogen) atoms. The largest absolute Gasteiger partial charge is 0.248 e. The van der Waals surface area contributed by atoms with Crippen LogP contribution in [0.2, 0.25) is 0 Å². The molecule has 1 unspecified atom stereocenters. The zero-order valence-corrected chi connectivity index (χ0v) is 15.1. The van der Waals surface area contributed by atoms with Gasteiger partial charge in [0.25, 0.3) is 0 Å². The molecule has 0 spiro atoms. The van der Waals surface area contributed by atoms with Gasteiger partial charge in [-0.05, 0) is 12.1 Å². The zero-order chi connectivity index (χ0) is 16.9. The van der Waals surface area contributed by atoms with E-state index < -0.39 is 10.8 Å². The first kappa shape index (κ1) is 18.9. The Balaban J connectivity index is 3.60. The summed E-state index contributed by atoms with van der Waals surface area (Å²) in [7, 11) is -1.78. The highest BCUT2D eigenvalue weighted by Crippen LogP contribution is 2.25. The average molecular weight is 386 g/mol. The molecule has 0 bridgehead atoms. The highest BCUT2D eigenvalue weighted by molar-refractivity contribution is 7.90. The molecule has 0 aromatic heterocycles. The fourth-order valence-corrected chi connectivity index (χ4v) is 3.34. The van der Waals surface area contributed by atoms with Crippen LogP contribution >= 0.6 is 47.6 Å². The normalized spacial score (nSPS) is 11.0. The first-order valence-corrected chi connectivity index (χ1v) is 8.42. The van der Waals surface area contributed by atoms with Gasteiger partial charge in [0.15, 0.2) is 0 Å². The van der Waals surface area contributed by atoms with E-state index in [1.165, 1.54) is 0 Å². The first-order chi connectivity index (χ1) is 10.3. The molecule has 0 saturated heterocycles. The van der Waals surface area contributed by atoms with Gasteiger partial charge in [-0.25, -0.2) is 4.21 Å². The third kappa shape index (κ3) is 4.42. The van der Waals surface area contributed by atoms with Crippen molar-refractivity contribution >= 4 is 68.2 Å². The Morgan fingerprint density at radius 3 is 1.91 bits per heavy atom. The number of rotatable bonds is 6. The lowest BCUT2D eigenvalue weighted by Crippen LogP contribution is -2.14. The van der Waals surface area contributed by atoms with E-state index in [0.717, 1.165) is 0 Å². The van der Waals surface area contributed by atoms with Crippen molar-refractivity contribution in [3.05, 3.63) is 64.0 Å². The number of halogens is 2. The van der Waals surface area contributed by atoms with Crippen LogP contribution in [-0.4, -0.2) is 13.9 Å². The van der Waals surface area contributed by atoms with Crippen molar-refractivity contribution in [2.75, 3.05) is 0 Å². The Hall–Kier alpha value is -1.16. The third-order valence-corrected chi connectivity index (χ3v) is 5.29. The molecule has 0 aliphatic rings. The predicted molar refractivity (Wildman–Crippen MR) is 101 cm³/mol. The molecule has 2 nitrogen and oxygen atoms in total. The second-order valence-corrected chi connectivity index (χ2v) is 7.01. The number of nitriles is 1. The lowest BCUT2D eigenvalue weighted by Gasteiger charge is -2.12. The molecule has 0 radical (unpaired) electrons. The van der Waals surface area contributed by atoms with Crippen molar-refractivity contribution in [2.45, 2.75) is 4.90 Å². The smallest absolute Gasteiger partial charge is 0.131 e. The molecule has 0 heterocycles. The number of thiocarbonyl (C=S) groups is 2. The van der Waals surface area contributed by atoms with Crippen LogP contribution in [0.5, 0.6) is 0 Å². The minimum Gasteiger partial charge on any atom is -0.248 e. The van der Waals surface area contributed by atoms with E-state index in [2.05, 4.69) is 13.2 Å². The van der Waals surface area contributed by atoms with Gasteiger partial charge in [-0.1, -0.05) is 79.0 Å². The number of allylic oxidation sites excluding steroid dienone is 4. The van der Waals surface area contributed by atoms with Crippen molar-refractivity contribution in [1.82, 2.24) is 0 Å². The summed E-state index contributed by atoms with van der Waals surface area (Å²) in [5.74, 6) is 0. The van der Waals surface area contributed by atoms with Crippen molar-refractivity contribution in [3.8, 4) is 6.07 Å². The maximum atomic E-state index is 12.6. The van der Waals surface area contributed by atoms with E-state index in [4.69, 9.17) is 47.6 Å². The summed E-state index contributed by atoms with van der Waals surface area (Å²) in [6.07, 6.45) is 0. The molecule has 0 fully saturated rings. The molecule has 0 amide bonds. The summed E-state index contributed by atoms with van der Waals surface area (Å²) < 4.78 is 12.6. The Bertz CT molecular complexity index is 733. The Morgan fingerprint density at radius 1 is 1.09 bits per heavy atom. The molecule has 1 atom stereocenters. The highest BCUT2D eigenvalue weighted by atomic mass is 35.5. The van der Waals surface area contributed by atoms with E-state index in [-0.39, 0.29) is 30.3 Å². The second-order valence-electron chi connectivity index (χ2n) is 3.87. The van der Waals surface area contributed by atoms with Crippen LogP contribution in [-0.2, 0) is 10.8 Å². The fraction of sp³-hybridized carbons (Fsp3) is 0. The zero-order valence-electron chi connectivity index (χ0n) is 11.1. The quantitative estimate of drug-likeness (QED) is 0.399. The van der Waals surface area contributed by atoms with Crippen LogP contribution in [0.25, 0.3) is 0 Å². The highest BCUT2D eigenvalue weighted by Gasteiger charge is 2.24. The van der Waals surface area contributed by atoms with Crippen LogP contribution in [0.15, 0.2) is 68.9 Å². The second kappa shape index (κ2) is 8.47. The van der Waals surface area contributed by atoms with Gasteiger partial charge in [-0.3, -0.25) is 0 Å². The van der Waals surface area contributed by atoms with E-state index in [9.17, 15) is 9.47 Å². The topological polar surface area (TPSA) is 40.9 Å². The number of hydrogen-bond acceptors (Lipinski definition) is 4. The third-order valence-electron chi connectivity index (χ3n) is 2.42. The monoisotopic (exact) mass is 385 g/mol. The molecule has 7 heteroatoms. The first-order valence-electron chi connectivity index (χ1n) is 5.70. The Labute approximate surface area is 152 Å². The summed E-state index contributed by atoms with van der Waals surface area (Å²) in [5, 5.41) is 9.43.